The molecule has 0 unspecified atom stereocenters. The third kappa shape index (κ3) is 2.26. The number of carboxylic acids is 1. The lowest BCUT2D eigenvalue weighted by atomic mass is 10.1. The summed E-state index contributed by atoms with van der Waals surface area (Å²) in [6, 6.07) is 1.59. The van der Waals surface area contributed by atoms with E-state index in [4.69, 9.17) is 9.84 Å². The van der Waals surface area contributed by atoms with Gasteiger partial charge in [-0.1, -0.05) is 0 Å². The molecule has 0 radical (unpaired) electrons. The Kier molecular flexibility index (Phi) is 2.97. The van der Waals surface area contributed by atoms with Crippen LogP contribution < -0.4 is 0 Å². The lowest BCUT2D eigenvalue weighted by Gasteiger charge is -2.04. The summed E-state index contributed by atoms with van der Waals surface area (Å²) in [6.07, 6.45) is 1.63. The molecule has 1 N–H and O–H groups in total. The smallest absolute Gasteiger partial charge is 0.337 e. The minimum absolute atomic E-state index is 0.210. The van der Waals surface area contributed by atoms with Gasteiger partial charge in [-0.15, -0.1) is 0 Å². The highest BCUT2D eigenvalue weighted by Crippen LogP contribution is 2.09. The fourth-order valence-electron chi connectivity index (χ4n) is 1.03. The van der Waals surface area contributed by atoms with Crippen molar-refractivity contribution in [2.24, 2.45) is 0 Å². The second-order valence-corrected chi connectivity index (χ2v) is 2.75. The first-order valence-electron chi connectivity index (χ1n) is 3.83. The first-order chi connectivity index (χ1) is 6.15. The third-order valence-electron chi connectivity index (χ3n) is 1.62. The van der Waals surface area contributed by atoms with Gasteiger partial charge in [-0.3, -0.25) is 4.98 Å². The van der Waals surface area contributed by atoms with Crippen LogP contribution in [0.3, 0.4) is 0 Å². The minimum atomic E-state index is -0.969. The zero-order valence-electron chi connectivity index (χ0n) is 7.57. The monoisotopic (exact) mass is 181 g/mol. The first kappa shape index (κ1) is 9.67. The Morgan fingerprint density at radius 2 is 2.38 bits per heavy atom. The number of carbonyl (C=O) groups is 1. The maximum Gasteiger partial charge on any atom is 0.337 e. The lowest BCUT2D eigenvalue weighted by molar-refractivity contribution is 0.0690. The Morgan fingerprint density at radius 3 is 2.92 bits per heavy atom. The van der Waals surface area contributed by atoms with Crippen LogP contribution in [0.25, 0.3) is 0 Å². The second kappa shape index (κ2) is 4.00. The molecule has 0 aliphatic carbocycles. The van der Waals surface area contributed by atoms with Crippen LogP contribution in [0.2, 0.25) is 0 Å². The maximum atomic E-state index is 10.8. The van der Waals surface area contributed by atoms with Crippen LogP contribution in [0.4, 0.5) is 0 Å². The summed E-state index contributed by atoms with van der Waals surface area (Å²) in [7, 11) is 1.51. The summed E-state index contributed by atoms with van der Waals surface area (Å²) in [6.45, 7) is 2.03. The van der Waals surface area contributed by atoms with Crippen molar-refractivity contribution >= 4 is 5.97 Å². The molecule has 0 spiro atoms. The molecule has 0 aliphatic rings. The zero-order valence-corrected chi connectivity index (χ0v) is 7.57. The van der Waals surface area contributed by atoms with Crippen LogP contribution in [-0.4, -0.2) is 23.2 Å². The van der Waals surface area contributed by atoms with Crippen molar-refractivity contribution in [1.29, 1.82) is 0 Å². The molecule has 70 valence electrons. The molecule has 4 heteroatoms. The molecule has 0 bridgehead atoms. The van der Waals surface area contributed by atoms with E-state index >= 15 is 0 Å². The predicted molar refractivity (Wildman–Crippen MR) is 46.6 cm³/mol. The van der Waals surface area contributed by atoms with Gasteiger partial charge >= 0.3 is 5.97 Å². The van der Waals surface area contributed by atoms with Gasteiger partial charge in [0.25, 0.3) is 0 Å². The standard InChI is InChI=1S/C9H11NO3/c1-6-3-7(9(11)12)8(5-13-2)10-4-6/h3-4H,5H2,1-2H3,(H,11,12). The minimum Gasteiger partial charge on any atom is -0.478 e. The molecule has 1 heterocycles. The predicted octanol–water partition coefficient (Wildman–Crippen LogP) is 1.23. The lowest BCUT2D eigenvalue weighted by Crippen LogP contribution is -2.06. The summed E-state index contributed by atoms with van der Waals surface area (Å²) < 4.78 is 4.83. The van der Waals surface area contributed by atoms with Crippen LogP contribution in [0.1, 0.15) is 21.6 Å². The van der Waals surface area contributed by atoms with Crippen molar-refractivity contribution in [2.45, 2.75) is 13.5 Å². The number of rotatable bonds is 3. The number of nitrogens with zero attached hydrogens (tertiary/aromatic N) is 1. The molecule has 0 fully saturated rings. The Bertz CT molecular complexity index is 323. The van der Waals surface area contributed by atoms with E-state index in [9.17, 15) is 4.79 Å². The number of ether oxygens (including phenoxy) is 1. The van der Waals surface area contributed by atoms with E-state index in [1.807, 2.05) is 0 Å². The highest BCUT2D eigenvalue weighted by atomic mass is 16.5. The molecule has 1 aromatic rings. The van der Waals surface area contributed by atoms with Gasteiger partial charge in [0.1, 0.15) is 0 Å². The molecular weight excluding hydrogens is 170 g/mol. The van der Waals surface area contributed by atoms with Gasteiger partial charge < -0.3 is 9.84 Å². The van der Waals surface area contributed by atoms with Crippen molar-refractivity contribution in [3.8, 4) is 0 Å². The highest BCUT2D eigenvalue weighted by molar-refractivity contribution is 5.88. The summed E-state index contributed by atoms with van der Waals surface area (Å²) in [5.74, 6) is -0.969. The van der Waals surface area contributed by atoms with Crippen LogP contribution in [0.15, 0.2) is 12.3 Å². The van der Waals surface area contributed by atoms with E-state index < -0.39 is 5.97 Å². The number of pyridine rings is 1. The number of aromatic carboxylic acids is 1. The van der Waals surface area contributed by atoms with Crippen LogP contribution in [-0.2, 0) is 11.3 Å². The molecular formula is C9H11NO3. The number of carboxylic acid groups (broad SMARTS) is 1. The Labute approximate surface area is 76.2 Å². The molecule has 0 amide bonds. The normalized spacial score (nSPS) is 10.0. The zero-order chi connectivity index (χ0) is 9.84. The van der Waals surface area contributed by atoms with Crippen LogP contribution in [0, 0.1) is 6.92 Å². The van der Waals surface area contributed by atoms with E-state index in [0.717, 1.165) is 5.56 Å². The van der Waals surface area contributed by atoms with Gasteiger partial charge in [-0.25, -0.2) is 4.79 Å². The number of methoxy groups -OCH3 is 1. The second-order valence-electron chi connectivity index (χ2n) is 2.75. The van der Waals surface area contributed by atoms with E-state index in [0.29, 0.717) is 5.69 Å². The summed E-state index contributed by atoms with van der Waals surface area (Å²) in [5.41, 5.74) is 1.50. The molecule has 0 aromatic carbocycles. The van der Waals surface area contributed by atoms with Gasteiger partial charge in [0.2, 0.25) is 0 Å². The van der Waals surface area contributed by atoms with E-state index in [1.54, 1.807) is 19.2 Å². The molecule has 0 aliphatic heterocycles. The van der Waals surface area contributed by atoms with Crippen molar-refractivity contribution in [3.05, 3.63) is 29.1 Å². The van der Waals surface area contributed by atoms with Gasteiger partial charge in [-0.2, -0.15) is 0 Å². The first-order valence-corrected chi connectivity index (χ1v) is 3.83. The van der Waals surface area contributed by atoms with Crippen molar-refractivity contribution in [1.82, 2.24) is 4.98 Å². The average molecular weight is 181 g/mol. The van der Waals surface area contributed by atoms with E-state index in [2.05, 4.69) is 4.98 Å². The van der Waals surface area contributed by atoms with Crippen LogP contribution in [0.5, 0.6) is 0 Å². The van der Waals surface area contributed by atoms with Crippen LogP contribution >= 0.6 is 0 Å². The van der Waals surface area contributed by atoms with Gasteiger partial charge in [0.05, 0.1) is 17.9 Å². The van der Waals surface area contributed by atoms with E-state index in [-0.39, 0.29) is 12.2 Å². The third-order valence-corrected chi connectivity index (χ3v) is 1.62. The van der Waals surface area contributed by atoms with Crippen molar-refractivity contribution < 1.29 is 14.6 Å². The SMILES string of the molecule is COCc1ncc(C)cc1C(=O)O. The van der Waals surface area contributed by atoms with Crippen molar-refractivity contribution in [2.75, 3.05) is 7.11 Å². The Hall–Kier alpha value is -1.42. The van der Waals surface area contributed by atoms with Gasteiger partial charge in [0.15, 0.2) is 0 Å². The fraction of sp³-hybridized carbons (Fsp3) is 0.333. The molecule has 1 rings (SSSR count). The maximum absolute atomic E-state index is 10.8. The van der Waals surface area contributed by atoms with Gasteiger partial charge in [0, 0.05) is 13.3 Å². The number of aryl methyl sites for hydroxylation is 1. The highest BCUT2D eigenvalue weighted by Gasteiger charge is 2.10. The molecule has 1 aromatic heterocycles. The summed E-state index contributed by atoms with van der Waals surface area (Å²) in [5, 5.41) is 8.82. The van der Waals surface area contributed by atoms with E-state index in [1.165, 1.54) is 7.11 Å². The molecule has 0 saturated heterocycles. The fourth-order valence-corrected chi connectivity index (χ4v) is 1.03. The largest absolute Gasteiger partial charge is 0.478 e. The quantitative estimate of drug-likeness (QED) is 0.762. The number of hydrogen-bond donors (Lipinski definition) is 1. The van der Waals surface area contributed by atoms with Crippen molar-refractivity contribution in [3.63, 3.8) is 0 Å². The van der Waals surface area contributed by atoms with Gasteiger partial charge in [-0.05, 0) is 18.6 Å². The molecule has 13 heavy (non-hydrogen) atoms. The molecule has 0 atom stereocenters. The topological polar surface area (TPSA) is 59.4 Å². The summed E-state index contributed by atoms with van der Waals surface area (Å²) >= 11 is 0. The molecule has 0 saturated carbocycles. The Morgan fingerprint density at radius 1 is 1.69 bits per heavy atom. The number of aromatic nitrogens is 1. The summed E-state index contributed by atoms with van der Waals surface area (Å²) in [4.78, 5) is 14.7. The number of hydrogen-bond acceptors (Lipinski definition) is 3. The Balaban J connectivity index is 3.10. The molecule has 4 nitrogen and oxygen atoms in total. The average Bonchev–Trinajstić information content (AvgIpc) is 2.08.